The van der Waals surface area contributed by atoms with Gasteiger partial charge >= 0.3 is 0 Å². The lowest BCUT2D eigenvalue weighted by Crippen LogP contribution is -2.35. The molecule has 1 amide bonds. The lowest BCUT2D eigenvalue weighted by atomic mass is 10.3. The van der Waals surface area contributed by atoms with Gasteiger partial charge in [0, 0.05) is 6.92 Å². The zero-order valence-corrected chi connectivity index (χ0v) is 7.54. The molecule has 0 aliphatic heterocycles. The Morgan fingerprint density at radius 2 is 1.83 bits per heavy atom. The lowest BCUT2D eigenvalue weighted by Gasteiger charge is -2.13. The van der Waals surface area contributed by atoms with Crippen molar-refractivity contribution in [1.29, 1.82) is 0 Å². The Bertz CT molecular complexity index is 250. The summed E-state index contributed by atoms with van der Waals surface area (Å²) < 4.78 is 0. The van der Waals surface area contributed by atoms with Crippen LogP contribution in [-0.2, 0) is 4.79 Å². The third-order valence-electron chi connectivity index (χ3n) is 1.37. The first-order valence-corrected chi connectivity index (χ1v) is 3.32. The summed E-state index contributed by atoms with van der Waals surface area (Å²) in [5.74, 6) is 5.25. The number of halogens is 1. The minimum absolute atomic E-state index is 0. The fourth-order valence-electron chi connectivity index (χ4n) is 0.770. The molecule has 0 aromatic heterocycles. The van der Waals surface area contributed by atoms with Crippen LogP contribution in [0.15, 0.2) is 30.3 Å². The first-order valence-electron chi connectivity index (χ1n) is 3.32. The molecule has 0 atom stereocenters. The van der Waals surface area contributed by atoms with Crippen LogP contribution in [0.2, 0.25) is 0 Å². The normalized spacial score (nSPS) is 8.50. The fourth-order valence-corrected chi connectivity index (χ4v) is 0.770. The zero-order chi connectivity index (χ0) is 8.27. The van der Waals surface area contributed by atoms with Crippen molar-refractivity contribution < 1.29 is 4.79 Å². The highest BCUT2D eigenvalue weighted by Crippen LogP contribution is 2.08. The summed E-state index contributed by atoms with van der Waals surface area (Å²) in [4.78, 5) is 10.7. The second-order valence-electron chi connectivity index (χ2n) is 2.22. The SMILES string of the molecule is CC(=O)N(N)c1ccccc1.Cl. The van der Waals surface area contributed by atoms with Crippen LogP contribution in [0.5, 0.6) is 0 Å². The Balaban J connectivity index is 0.00000121. The summed E-state index contributed by atoms with van der Waals surface area (Å²) in [6, 6.07) is 9.09. The molecule has 0 saturated carbocycles. The predicted molar refractivity (Wildman–Crippen MR) is 51.0 cm³/mol. The fraction of sp³-hybridized carbons (Fsp3) is 0.125. The van der Waals surface area contributed by atoms with E-state index in [4.69, 9.17) is 5.84 Å². The number of nitrogens with two attached hydrogens (primary N) is 1. The number of nitrogens with zero attached hydrogens (tertiary/aromatic N) is 1. The van der Waals surface area contributed by atoms with Crippen molar-refractivity contribution in [2.45, 2.75) is 6.92 Å². The second-order valence-corrected chi connectivity index (χ2v) is 2.22. The van der Waals surface area contributed by atoms with Gasteiger partial charge in [0.15, 0.2) is 0 Å². The van der Waals surface area contributed by atoms with Crippen LogP contribution < -0.4 is 10.9 Å². The number of anilines is 1. The number of para-hydroxylation sites is 1. The molecule has 66 valence electrons. The molecule has 0 bridgehead atoms. The highest BCUT2D eigenvalue weighted by Gasteiger charge is 2.03. The standard InChI is InChI=1S/C8H10N2O.ClH/c1-7(11)10(9)8-5-3-2-4-6-8;/h2-6H,9H2,1H3;1H. The Hall–Kier alpha value is -1.06. The lowest BCUT2D eigenvalue weighted by molar-refractivity contribution is -0.116. The van der Waals surface area contributed by atoms with Gasteiger partial charge in [0.2, 0.25) is 5.91 Å². The average molecular weight is 187 g/mol. The van der Waals surface area contributed by atoms with Crippen LogP contribution >= 0.6 is 12.4 Å². The maximum Gasteiger partial charge on any atom is 0.238 e. The van der Waals surface area contributed by atoms with Gasteiger partial charge in [-0.15, -0.1) is 12.4 Å². The molecule has 0 heterocycles. The molecule has 0 aliphatic rings. The van der Waals surface area contributed by atoms with Crippen molar-refractivity contribution in [3.05, 3.63) is 30.3 Å². The maximum absolute atomic E-state index is 10.7. The van der Waals surface area contributed by atoms with E-state index in [9.17, 15) is 4.79 Å². The number of benzene rings is 1. The topological polar surface area (TPSA) is 46.3 Å². The molecule has 0 spiro atoms. The molecule has 1 aromatic carbocycles. The molecule has 0 aliphatic carbocycles. The van der Waals surface area contributed by atoms with Gasteiger partial charge in [-0.2, -0.15) is 0 Å². The third-order valence-corrected chi connectivity index (χ3v) is 1.37. The molecule has 1 rings (SSSR count). The number of hydrogen-bond acceptors (Lipinski definition) is 2. The van der Waals surface area contributed by atoms with E-state index in [1.54, 1.807) is 12.1 Å². The van der Waals surface area contributed by atoms with Gasteiger partial charge in [-0.1, -0.05) is 18.2 Å². The first-order chi connectivity index (χ1) is 5.22. The number of amides is 1. The molecule has 0 unspecified atom stereocenters. The van der Waals surface area contributed by atoms with Crippen LogP contribution in [0, 0.1) is 0 Å². The van der Waals surface area contributed by atoms with Crippen LogP contribution in [0.25, 0.3) is 0 Å². The molecule has 0 fully saturated rings. The molecule has 0 radical (unpaired) electrons. The monoisotopic (exact) mass is 186 g/mol. The van der Waals surface area contributed by atoms with Gasteiger partial charge in [0.25, 0.3) is 0 Å². The maximum atomic E-state index is 10.7. The molecule has 0 saturated heterocycles. The van der Waals surface area contributed by atoms with Crippen molar-refractivity contribution in [2.24, 2.45) is 5.84 Å². The van der Waals surface area contributed by atoms with Crippen LogP contribution in [0.4, 0.5) is 5.69 Å². The summed E-state index contributed by atoms with van der Waals surface area (Å²) in [6.45, 7) is 1.42. The van der Waals surface area contributed by atoms with Crippen LogP contribution in [0.1, 0.15) is 6.92 Å². The smallest absolute Gasteiger partial charge is 0.238 e. The molecule has 1 aromatic rings. The summed E-state index contributed by atoms with van der Waals surface area (Å²) in [7, 11) is 0. The van der Waals surface area contributed by atoms with Crippen molar-refractivity contribution in [1.82, 2.24) is 0 Å². The van der Waals surface area contributed by atoms with E-state index in [0.717, 1.165) is 5.01 Å². The Morgan fingerprint density at radius 3 is 2.25 bits per heavy atom. The molecule has 12 heavy (non-hydrogen) atoms. The second kappa shape index (κ2) is 4.74. The quantitative estimate of drug-likeness (QED) is 0.409. The Kier molecular flexibility index (Phi) is 4.33. The number of carbonyl (C=O) groups is 1. The predicted octanol–water partition coefficient (Wildman–Crippen LogP) is 1.33. The number of carbonyl (C=O) groups excluding carboxylic acids is 1. The van der Waals surface area contributed by atoms with Crippen molar-refractivity contribution in [3.63, 3.8) is 0 Å². The largest absolute Gasteiger partial charge is 0.273 e. The van der Waals surface area contributed by atoms with Crippen molar-refractivity contribution >= 4 is 24.0 Å². The summed E-state index contributed by atoms with van der Waals surface area (Å²) >= 11 is 0. The van der Waals surface area contributed by atoms with Gasteiger partial charge < -0.3 is 0 Å². The Labute approximate surface area is 77.5 Å². The van der Waals surface area contributed by atoms with E-state index in [0.29, 0.717) is 5.69 Å². The highest BCUT2D eigenvalue weighted by molar-refractivity contribution is 5.89. The van der Waals surface area contributed by atoms with Gasteiger partial charge in [0.05, 0.1) is 5.69 Å². The average Bonchev–Trinajstić information content (AvgIpc) is 2.05. The van der Waals surface area contributed by atoms with Crippen LogP contribution in [-0.4, -0.2) is 5.91 Å². The minimum atomic E-state index is -0.170. The van der Waals surface area contributed by atoms with E-state index >= 15 is 0 Å². The number of rotatable bonds is 1. The highest BCUT2D eigenvalue weighted by atomic mass is 35.5. The van der Waals surface area contributed by atoms with Gasteiger partial charge in [-0.3, -0.25) is 4.79 Å². The molecular formula is C8H11ClN2O. The molecule has 3 nitrogen and oxygen atoms in total. The van der Waals surface area contributed by atoms with E-state index in [1.807, 2.05) is 18.2 Å². The summed E-state index contributed by atoms with van der Waals surface area (Å²) in [5, 5.41) is 1.11. The van der Waals surface area contributed by atoms with Crippen molar-refractivity contribution in [3.8, 4) is 0 Å². The van der Waals surface area contributed by atoms with Crippen LogP contribution in [0.3, 0.4) is 0 Å². The van der Waals surface area contributed by atoms with E-state index < -0.39 is 0 Å². The zero-order valence-electron chi connectivity index (χ0n) is 6.73. The Morgan fingerprint density at radius 1 is 1.33 bits per heavy atom. The van der Waals surface area contributed by atoms with Gasteiger partial charge in [0.1, 0.15) is 0 Å². The van der Waals surface area contributed by atoms with E-state index in [2.05, 4.69) is 0 Å². The van der Waals surface area contributed by atoms with Gasteiger partial charge in [-0.25, -0.2) is 10.9 Å². The van der Waals surface area contributed by atoms with E-state index in [-0.39, 0.29) is 18.3 Å². The summed E-state index contributed by atoms with van der Waals surface area (Å²) in [5.41, 5.74) is 0.708. The van der Waals surface area contributed by atoms with Gasteiger partial charge in [-0.05, 0) is 12.1 Å². The number of hydrazine groups is 1. The molecular weight excluding hydrogens is 176 g/mol. The van der Waals surface area contributed by atoms with E-state index in [1.165, 1.54) is 6.92 Å². The van der Waals surface area contributed by atoms with Crippen molar-refractivity contribution in [2.75, 3.05) is 5.01 Å². The minimum Gasteiger partial charge on any atom is -0.273 e. The molecule has 2 N–H and O–H groups in total. The summed E-state index contributed by atoms with van der Waals surface area (Å²) in [6.07, 6.45) is 0. The first kappa shape index (κ1) is 10.9. The third kappa shape index (κ3) is 2.53. The molecule has 4 heteroatoms. The number of hydrogen-bond donors (Lipinski definition) is 1.